The van der Waals surface area contributed by atoms with Crippen LogP contribution in [0.5, 0.6) is 11.5 Å². The summed E-state index contributed by atoms with van der Waals surface area (Å²) >= 11 is 3.32. The Morgan fingerprint density at radius 1 is 1.14 bits per heavy atom. The van der Waals surface area contributed by atoms with Crippen molar-refractivity contribution >= 4 is 39.5 Å². The summed E-state index contributed by atoms with van der Waals surface area (Å²) in [6.45, 7) is 0. The molecule has 3 rings (SSSR count). The van der Waals surface area contributed by atoms with E-state index >= 15 is 0 Å². The lowest BCUT2D eigenvalue weighted by atomic mass is 10.3. The van der Waals surface area contributed by atoms with Crippen LogP contribution in [-0.4, -0.2) is 23.8 Å². The number of amides is 2. The van der Waals surface area contributed by atoms with Gasteiger partial charge in [0.15, 0.2) is 0 Å². The van der Waals surface area contributed by atoms with Crippen molar-refractivity contribution in [1.82, 2.24) is 10.3 Å². The van der Waals surface area contributed by atoms with Gasteiger partial charge in [-0.05, 0) is 58.4 Å². The van der Waals surface area contributed by atoms with Gasteiger partial charge in [0.2, 0.25) is 5.91 Å². The number of nitrogens with zero attached hydrogens (tertiary/aromatic N) is 1. The number of hydrogen-bond acceptors (Lipinski definition) is 5. The van der Waals surface area contributed by atoms with Gasteiger partial charge in [0, 0.05) is 31.1 Å². The summed E-state index contributed by atoms with van der Waals surface area (Å²) in [5.41, 5.74) is 0.875. The van der Waals surface area contributed by atoms with E-state index in [1.807, 2.05) is 0 Å². The van der Waals surface area contributed by atoms with Gasteiger partial charge in [-0.1, -0.05) is 0 Å². The second-order valence-electron chi connectivity index (χ2n) is 5.54. The molecule has 0 spiro atoms. The van der Waals surface area contributed by atoms with Crippen molar-refractivity contribution in [1.29, 1.82) is 0 Å². The highest BCUT2D eigenvalue weighted by molar-refractivity contribution is 9.10. The number of hydrogen-bond donors (Lipinski definition) is 2. The fraction of sp³-hybridized carbons (Fsp3) is 0.0500. The van der Waals surface area contributed by atoms with Crippen LogP contribution in [0.2, 0.25) is 0 Å². The van der Waals surface area contributed by atoms with Crippen LogP contribution in [-0.2, 0) is 4.79 Å². The van der Waals surface area contributed by atoms with E-state index in [9.17, 15) is 9.59 Å². The molecular formula is C20H16BrN3O4. The highest BCUT2D eigenvalue weighted by Gasteiger charge is 2.07. The third-order valence-corrected chi connectivity index (χ3v) is 4.23. The number of ether oxygens (including phenoxy) is 1. The molecule has 142 valence electrons. The quantitative estimate of drug-likeness (QED) is 0.557. The molecule has 28 heavy (non-hydrogen) atoms. The van der Waals surface area contributed by atoms with Crippen LogP contribution in [0.1, 0.15) is 16.2 Å². The van der Waals surface area contributed by atoms with Crippen LogP contribution in [0.4, 0.5) is 5.69 Å². The van der Waals surface area contributed by atoms with E-state index in [0.717, 1.165) is 4.47 Å². The highest BCUT2D eigenvalue weighted by Crippen LogP contribution is 2.23. The van der Waals surface area contributed by atoms with Crippen LogP contribution in [0.15, 0.2) is 69.9 Å². The fourth-order valence-electron chi connectivity index (χ4n) is 2.23. The minimum absolute atomic E-state index is 0.263. The van der Waals surface area contributed by atoms with E-state index in [-0.39, 0.29) is 17.5 Å². The molecule has 0 bridgehead atoms. The number of carbonyl (C=O) groups excluding carboxylic acids is 2. The third kappa shape index (κ3) is 5.08. The average molecular weight is 442 g/mol. The zero-order valence-electron chi connectivity index (χ0n) is 14.8. The summed E-state index contributed by atoms with van der Waals surface area (Å²) < 4.78 is 11.7. The van der Waals surface area contributed by atoms with Crippen LogP contribution in [0.3, 0.4) is 0 Å². The Morgan fingerprint density at radius 3 is 2.61 bits per heavy atom. The van der Waals surface area contributed by atoms with Crippen molar-refractivity contribution in [2.45, 2.75) is 0 Å². The maximum absolute atomic E-state index is 12.0. The van der Waals surface area contributed by atoms with Gasteiger partial charge in [0.25, 0.3) is 5.91 Å². The molecule has 0 aliphatic heterocycles. The number of benzene rings is 1. The zero-order valence-corrected chi connectivity index (χ0v) is 16.4. The smallest absolute Gasteiger partial charge is 0.269 e. The maximum Gasteiger partial charge on any atom is 0.269 e. The molecule has 0 aliphatic rings. The Bertz CT molecular complexity index is 1010. The van der Waals surface area contributed by atoms with Crippen LogP contribution >= 0.6 is 15.9 Å². The van der Waals surface area contributed by atoms with E-state index in [4.69, 9.17) is 9.15 Å². The number of aromatic nitrogens is 1. The van der Waals surface area contributed by atoms with Crippen molar-refractivity contribution in [2.75, 3.05) is 12.4 Å². The molecule has 0 saturated carbocycles. The number of carbonyl (C=O) groups is 2. The summed E-state index contributed by atoms with van der Waals surface area (Å²) in [6.07, 6.45) is 5.98. The zero-order chi connectivity index (χ0) is 19.9. The summed E-state index contributed by atoms with van der Waals surface area (Å²) in [6, 6.07) is 11.8. The monoisotopic (exact) mass is 441 g/mol. The second kappa shape index (κ2) is 9.01. The molecule has 2 amide bonds. The van der Waals surface area contributed by atoms with Crippen molar-refractivity contribution in [3.63, 3.8) is 0 Å². The summed E-state index contributed by atoms with van der Waals surface area (Å²) in [7, 11) is 1.53. The van der Waals surface area contributed by atoms with E-state index in [0.29, 0.717) is 22.9 Å². The van der Waals surface area contributed by atoms with E-state index < -0.39 is 0 Å². The average Bonchev–Trinajstić information content (AvgIpc) is 3.12. The maximum atomic E-state index is 12.0. The number of rotatable bonds is 6. The number of furan rings is 1. The fourth-order valence-corrected chi connectivity index (χ4v) is 2.56. The predicted octanol–water partition coefficient (Wildman–Crippen LogP) is 4.24. The van der Waals surface area contributed by atoms with Gasteiger partial charge >= 0.3 is 0 Å². The topological polar surface area (TPSA) is 93.5 Å². The Morgan fingerprint density at radius 2 is 1.93 bits per heavy atom. The minimum Gasteiger partial charge on any atom is -0.464 e. The Labute approximate surface area is 169 Å². The molecule has 1 aromatic carbocycles. The standard InChI is InChI=1S/C20H16BrN3O4/c1-22-20(26)17-12-15(8-10-23-17)28-14-4-2-13(3-5-14)24-19(25)7-6-18-16(21)9-11-27-18/h2-12H,1H3,(H,22,26)(H,24,25). The molecule has 0 aliphatic carbocycles. The van der Waals surface area contributed by atoms with Gasteiger partial charge in [-0.2, -0.15) is 0 Å². The molecule has 0 fully saturated rings. The molecular weight excluding hydrogens is 426 g/mol. The Balaban J connectivity index is 1.60. The number of halogens is 1. The lowest BCUT2D eigenvalue weighted by molar-refractivity contribution is -0.111. The second-order valence-corrected chi connectivity index (χ2v) is 6.39. The molecule has 2 aromatic heterocycles. The van der Waals surface area contributed by atoms with Crippen LogP contribution in [0, 0.1) is 0 Å². The van der Waals surface area contributed by atoms with Crippen molar-refractivity contribution in [2.24, 2.45) is 0 Å². The molecule has 3 aromatic rings. The molecule has 2 heterocycles. The van der Waals surface area contributed by atoms with Gasteiger partial charge in [-0.15, -0.1) is 0 Å². The first-order valence-electron chi connectivity index (χ1n) is 8.23. The number of anilines is 1. The predicted molar refractivity (Wildman–Crippen MR) is 108 cm³/mol. The first-order chi connectivity index (χ1) is 13.5. The highest BCUT2D eigenvalue weighted by atomic mass is 79.9. The van der Waals surface area contributed by atoms with E-state index in [1.54, 1.807) is 48.5 Å². The molecule has 0 unspecified atom stereocenters. The lowest BCUT2D eigenvalue weighted by Crippen LogP contribution is -2.18. The van der Waals surface area contributed by atoms with E-state index in [2.05, 4.69) is 31.5 Å². The first kappa shape index (κ1) is 19.4. The summed E-state index contributed by atoms with van der Waals surface area (Å²) in [5, 5.41) is 5.25. The van der Waals surface area contributed by atoms with Gasteiger partial charge in [-0.3, -0.25) is 14.6 Å². The number of pyridine rings is 1. The molecule has 8 heteroatoms. The molecule has 2 N–H and O–H groups in total. The van der Waals surface area contributed by atoms with E-state index in [1.165, 1.54) is 25.6 Å². The molecule has 0 atom stereocenters. The lowest BCUT2D eigenvalue weighted by Gasteiger charge is -2.08. The number of nitrogens with one attached hydrogen (secondary N) is 2. The normalized spacial score (nSPS) is 10.6. The SMILES string of the molecule is CNC(=O)c1cc(Oc2ccc(NC(=O)C=Cc3occc3Br)cc2)ccn1. The van der Waals surface area contributed by atoms with Gasteiger partial charge in [-0.25, -0.2) is 0 Å². The molecule has 0 saturated heterocycles. The minimum atomic E-state index is -0.293. The summed E-state index contributed by atoms with van der Waals surface area (Å²) in [5.74, 6) is 1.02. The largest absolute Gasteiger partial charge is 0.464 e. The molecule has 7 nitrogen and oxygen atoms in total. The van der Waals surface area contributed by atoms with Crippen molar-refractivity contribution < 1.29 is 18.7 Å². The Hall–Kier alpha value is -3.39. The van der Waals surface area contributed by atoms with Crippen LogP contribution < -0.4 is 15.4 Å². The summed E-state index contributed by atoms with van der Waals surface area (Å²) in [4.78, 5) is 27.6. The van der Waals surface area contributed by atoms with Crippen molar-refractivity contribution in [3.05, 3.63) is 76.9 Å². The van der Waals surface area contributed by atoms with Gasteiger partial charge in [0.1, 0.15) is 23.0 Å². The van der Waals surface area contributed by atoms with Crippen molar-refractivity contribution in [3.8, 4) is 11.5 Å². The van der Waals surface area contributed by atoms with Gasteiger partial charge < -0.3 is 19.8 Å². The van der Waals surface area contributed by atoms with Gasteiger partial charge in [0.05, 0.1) is 10.7 Å². The van der Waals surface area contributed by atoms with Crippen LogP contribution in [0.25, 0.3) is 6.08 Å². The first-order valence-corrected chi connectivity index (χ1v) is 9.02. The Kier molecular flexibility index (Phi) is 6.23. The molecule has 0 radical (unpaired) electrons. The third-order valence-electron chi connectivity index (χ3n) is 3.58.